The van der Waals surface area contributed by atoms with Gasteiger partial charge in [0.05, 0.1) is 12.2 Å². The maximum Gasteiger partial charge on any atom is 0.197 e. The average Bonchev–Trinajstić information content (AvgIpc) is 2.77. The predicted molar refractivity (Wildman–Crippen MR) is 111 cm³/mol. The van der Waals surface area contributed by atoms with Crippen molar-refractivity contribution in [2.24, 2.45) is 0 Å². The summed E-state index contributed by atoms with van der Waals surface area (Å²) >= 11 is 0. The molecule has 13 heteroatoms. The van der Waals surface area contributed by atoms with E-state index in [0.717, 1.165) is 6.07 Å². The van der Waals surface area contributed by atoms with Crippen molar-refractivity contribution < 1.29 is 60.2 Å². The maximum atomic E-state index is 12.8. The van der Waals surface area contributed by atoms with Crippen LogP contribution in [0.3, 0.4) is 0 Å². The highest BCUT2D eigenvalue weighted by molar-refractivity contribution is 5.89. The third-order valence-corrected chi connectivity index (χ3v) is 5.67. The highest BCUT2D eigenvalue weighted by Crippen LogP contribution is 2.49. The highest BCUT2D eigenvalue weighted by Gasteiger charge is 2.46. The maximum absolute atomic E-state index is 12.8. The topological polar surface area (TPSA) is 242 Å². The van der Waals surface area contributed by atoms with Gasteiger partial charge in [0.2, 0.25) is 0 Å². The van der Waals surface area contributed by atoms with Crippen molar-refractivity contribution in [1.82, 2.24) is 0 Å². The first-order chi connectivity index (χ1) is 16.0. The Balaban J connectivity index is 1.92. The van der Waals surface area contributed by atoms with E-state index in [4.69, 9.17) is 9.15 Å². The molecule has 0 amide bonds. The molecule has 0 spiro atoms. The van der Waals surface area contributed by atoms with E-state index in [1.54, 1.807) is 0 Å². The molecule has 0 saturated carbocycles. The van der Waals surface area contributed by atoms with Crippen LogP contribution in [-0.2, 0) is 4.74 Å². The first-order valence-corrected chi connectivity index (χ1v) is 9.78. The van der Waals surface area contributed by atoms with Crippen molar-refractivity contribution in [2.45, 2.75) is 30.5 Å². The molecular formula is C21H20O13. The largest absolute Gasteiger partial charge is 0.507 e. The monoisotopic (exact) mass is 480 g/mol. The van der Waals surface area contributed by atoms with Crippen LogP contribution in [0.4, 0.5) is 0 Å². The molecule has 5 atom stereocenters. The number of phenols is 6. The third kappa shape index (κ3) is 3.43. The van der Waals surface area contributed by atoms with Crippen molar-refractivity contribution in [1.29, 1.82) is 0 Å². The number of fused-ring (bicyclic) bond motifs is 1. The molecule has 1 aliphatic heterocycles. The minimum Gasteiger partial charge on any atom is -0.507 e. The van der Waals surface area contributed by atoms with Gasteiger partial charge in [-0.15, -0.1) is 0 Å². The fourth-order valence-corrected chi connectivity index (χ4v) is 3.92. The van der Waals surface area contributed by atoms with Gasteiger partial charge >= 0.3 is 0 Å². The van der Waals surface area contributed by atoms with E-state index in [2.05, 4.69) is 0 Å². The molecule has 0 aliphatic carbocycles. The van der Waals surface area contributed by atoms with Crippen LogP contribution < -0.4 is 5.43 Å². The number of aromatic hydroxyl groups is 6. The summed E-state index contributed by atoms with van der Waals surface area (Å²) in [6.45, 7) is -0.772. The molecule has 13 nitrogen and oxygen atoms in total. The molecule has 2 unspecified atom stereocenters. The molecule has 1 saturated heterocycles. The molecule has 0 bridgehead atoms. The Morgan fingerprint density at radius 1 is 0.765 bits per heavy atom. The first-order valence-electron chi connectivity index (χ1n) is 9.78. The summed E-state index contributed by atoms with van der Waals surface area (Å²) < 4.78 is 10.8. The number of hydrogen-bond donors (Lipinski definition) is 10. The van der Waals surface area contributed by atoms with E-state index >= 15 is 0 Å². The van der Waals surface area contributed by atoms with Gasteiger partial charge < -0.3 is 60.2 Å². The molecule has 2 aromatic carbocycles. The van der Waals surface area contributed by atoms with Gasteiger partial charge in [-0.3, -0.25) is 4.79 Å². The van der Waals surface area contributed by atoms with Gasteiger partial charge in [0, 0.05) is 18.2 Å². The Bertz CT molecular complexity index is 1300. The van der Waals surface area contributed by atoms with Crippen LogP contribution in [0, 0.1) is 0 Å². The molecule has 4 rings (SSSR count). The van der Waals surface area contributed by atoms with Crippen molar-refractivity contribution in [3.05, 3.63) is 34.0 Å². The second-order valence-corrected chi connectivity index (χ2v) is 7.74. The minimum absolute atomic E-state index is 0.465. The lowest BCUT2D eigenvalue weighted by Gasteiger charge is -2.40. The molecule has 1 aromatic heterocycles. The van der Waals surface area contributed by atoms with Crippen LogP contribution in [-0.4, -0.2) is 82.1 Å². The molecule has 0 radical (unpaired) electrons. The van der Waals surface area contributed by atoms with Crippen molar-refractivity contribution in [3.63, 3.8) is 0 Å². The van der Waals surface area contributed by atoms with E-state index in [9.17, 15) is 55.9 Å². The Morgan fingerprint density at radius 3 is 1.97 bits per heavy atom. The fraction of sp³-hybridized carbons (Fsp3) is 0.286. The van der Waals surface area contributed by atoms with Gasteiger partial charge in [0.25, 0.3) is 0 Å². The van der Waals surface area contributed by atoms with Crippen molar-refractivity contribution in [3.8, 4) is 45.8 Å². The zero-order chi connectivity index (χ0) is 25.1. The molecule has 34 heavy (non-hydrogen) atoms. The SMILES string of the molecule is O=c1cc(-c2c(O)c(O)cc(O)c2O)oc2cc(O)c([C@@H]3OC(CO)[C@@H](O)[C@H](O)C3O)c(O)c12. The molecule has 182 valence electrons. The van der Waals surface area contributed by atoms with E-state index in [1.165, 1.54) is 0 Å². The molecule has 2 heterocycles. The lowest BCUT2D eigenvalue weighted by molar-refractivity contribution is -0.232. The van der Waals surface area contributed by atoms with Crippen LogP contribution in [0.5, 0.6) is 34.5 Å². The summed E-state index contributed by atoms with van der Waals surface area (Å²) in [5.41, 5.74) is -2.62. The second-order valence-electron chi connectivity index (χ2n) is 7.74. The number of ether oxygens (including phenoxy) is 1. The average molecular weight is 480 g/mol. The van der Waals surface area contributed by atoms with Gasteiger partial charge in [-0.1, -0.05) is 0 Å². The summed E-state index contributed by atoms with van der Waals surface area (Å²) in [6, 6.07) is 2.20. The Morgan fingerprint density at radius 2 is 1.38 bits per heavy atom. The second kappa shape index (κ2) is 8.23. The van der Waals surface area contributed by atoms with Crippen LogP contribution in [0.1, 0.15) is 11.7 Å². The van der Waals surface area contributed by atoms with Gasteiger partial charge in [-0.2, -0.15) is 0 Å². The molecule has 1 aliphatic rings. The lowest BCUT2D eigenvalue weighted by atomic mass is 9.89. The Kier molecular flexibility index (Phi) is 5.67. The van der Waals surface area contributed by atoms with Gasteiger partial charge in [0.15, 0.2) is 28.4 Å². The molecule has 3 aromatic rings. The van der Waals surface area contributed by atoms with Crippen LogP contribution in [0.25, 0.3) is 22.3 Å². The van der Waals surface area contributed by atoms with Crippen LogP contribution in [0.2, 0.25) is 0 Å². The number of hydrogen-bond acceptors (Lipinski definition) is 13. The summed E-state index contributed by atoms with van der Waals surface area (Å²) in [7, 11) is 0. The zero-order valence-electron chi connectivity index (χ0n) is 17.0. The number of rotatable bonds is 3. The summed E-state index contributed by atoms with van der Waals surface area (Å²) in [6.07, 6.45) is -8.43. The Labute approximate surface area is 188 Å². The number of phenolic OH excluding ortho intramolecular Hbond substituents is 6. The third-order valence-electron chi connectivity index (χ3n) is 5.67. The van der Waals surface area contributed by atoms with Crippen LogP contribution in [0.15, 0.2) is 27.4 Å². The molecule has 10 N–H and O–H groups in total. The van der Waals surface area contributed by atoms with E-state index in [-0.39, 0.29) is 0 Å². The van der Waals surface area contributed by atoms with Crippen molar-refractivity contribution >= 4 is 11.0 Å². The fourth-order valence-electron chi connectivity index (χ4n) is 3.92. The van der Waals surface area contributed by atoms with Gasteiger partial charge in [-0.25, -0.2) is 0 Å². The standard InChI is InChI=1S/C21H20O13/c22-4-11-17(29)19(31)20(32)21(34-11)13-6(24)3-9-12(18(13)30)5(23)2-10(33-9)14-15(27)7(25)1-8(26)16(14)28/h1-3,11,17,19-22,24-32H,4H2/t11?,17-,19+,20?,21+/m1/s1. The summed E-state index contributed by atoms with van der Waals surface area (Å²) in [5, 5.41) is 100.0. The van der Waals surface area contributed by atoms with Gasteiger partial charge in [-0.05, 0) is 0 Å². The minimum atomic E-state index is -1.87. The van der Waals surface area contributed by atoms with E-state index < -0.39 is 105 Å². The normalized spacial score (nSPS) is 25.0. The number of aliphatic hydroxyl groups excluding tert-OH is 4. The summed E-state index contributed by atoms with van der Waals surface area (Å²) in [4.78, 5) is 12.8. The lowest BCUT2D eigenvalue weighted by Crippen LogP contribution is -2.55. The first kappa shape index (κ1) is 23.4. The Hall–Kier alpha value is -3.75. The number of aliphatic hydroxyl groups is 4. The number of benzene rings is 2. The van der Waals surface area contributed by atoms with Gasteiger partial charge in [0.1, 0.15) is 64.3 Å². The van der Waals surface area contributed by atoms with E-state index in [0.29, 0.717) is 12.1 Å². The quantitative estimate of drug-likeness (QED) is 0.163. The molecule has 1 fully saturated rings. The highest BCUT2D eigenvalue weighted by atomic mass is 16.5. The molecular weight excluding hydrogens is 460 g/mol. The van der Waals surface area contributed by atoms with Crippen LogP contribution >= 0.6 is 0 Å². The van der Waals surface area contributed by atoms with Crippen molar-refractivity contribution in [2.75, 3.05) is 6.61 Å². The predicted octanol–water partition coefficient (Wildman–Crippen LogP) is -0.792. The van der Waals surface area contributed by atoms with E-state index in [1.807, 2.05) is 0 Å². The summed E-state index contributed by atoms with van der Waals surface area (Å²) in [5.74, 6) is -5.76. The smallest absolute Gasteiger partial charge is 0.197 e. The zero-order valence-corrected chi connectivity index (χ0v) is 17.0.